The molecule has 1 aromatic rings. The highest BCUT2D eigenvalue weighted by Gasteiger charge is 2.25. The maximum atomic E-state index is 10.8. The van der Waals surface area contributed by atoms with E-state index < -0.39 is 5.97 Å². The van der Waals surface area contributed by atoms with Crippen LogP contribution in [0.1, 0.15) is 18.4 Å². The van der Waals surface area contributed by atoms with Gasteiger partial charge in [0.05, 0.1) is 6.54 Å². The average molecular weight is 298 g/mol. The molecule has 0 amide bonds. The molecule has 1 saturated heterocycles. The summed E-state index contributed by atoms with van der Waals surface area (Å²) < 4.78 is 1.08. The van der Waals surface area contributed by atoms with Gasteiger partial charge in [0.2, 0.25) is 0 Å². The van der Waals surface area contributed by atoms with Crippen molar-refractivity contribution in [3.05, 3.63) is 34.3 Å². The lowest BCUT2D eigenvalue weighted by Gasteiger charge is -2.22. The molecule has 92 valence electrons. The fourth-order valence-corrected chi connectivity index (χ4v) is 2.67. The Hall–Kier alpha value is -0.870. The van der Waals surface area contributed by atoms with Gasteiger partial charge < -0.3 is 5.11 Å². The van der Waals surface area contributed by atoms with Gasteiger partial charge in [-0.15, -0.1) is 0 Å². The van der Waals surface area contributed by atoms with Gasteiger partial charge in [-0.3, -0.25) is 9.69 Å². The molecule has 17 heavy (non-hydrogen) atoms. The van der Waals surface area contributed by atoms with Crippen molar-refractivity contribution in [3.8, 4) is 0 Å². The third-order valence-corrected chi connectivity index (χ3v) is 3.75. The van der Waals surface area contributed by atoms with E-state index in [1.54, 1.807) is 0 Å². The molecule has 2 rings (SSSR count). The molecular formula is C13H16BrNO2. The van der Waals surface area contributed by atoms with Gasteiger partial charge in [0.1, 0.15) is 0 Å². The summed E-state index contributed by atoms with van der Waals surface area (Å²) in [6.45, 7) is 1.08. The number of likely N-dealkylation sites (tertiary alicyclic amines) is 1. The van der Waals surface area contributed by atoms with E-state index in [1.165, 1.54) is 5.56 Å². The number of aliphatic carboxylic acids is 1. The second-order valence-corrected chi connectivity index (χ2v) is 5.41. The zero-order chi connectivity index (χ0) is 12.3. The first-order valence-electron chi connectivity index (χ1n) is 5.85. The Morgan fingerprint density at radius 1 is 1.41 bits per heavy atom. The molecule has 1 fully saturated rings. The second-order valence-electron chi connectivity index (χ2n) is 4.49. The number of hydrogen-bond donors (Lipinski definition) is 1. The Kier molecular flexibility index (Phi) is 4.18. The van der Waals surface area contributed by atoms with Crippen LogP contribution in [0.5, 0.6) is 0 Å². The lowest BCUT2D eigenvalue weighted by atomic mass is 10.0. The molecule has 4 heteroatoms. The fourth-order valence-electron chi connectivity index (χ4n) is 2.40. The standard InChI is InChI=1S/C13H16BrNO2/c14-11-5-3-10(4-6-11)8-12-2-1-7-15(12)9-13(16)17/h3-6,12H,1-2,7-9H2,(H,16,17)/t12-/m1/s1. The number of rotatable bonds is 4. The van der Waals surface area contributed by atoms with E-state index in [0.717, 1.165) is 30.3 Å². The summed E-state index contributed by atoms with van der Waals surface area (Å²) >= 11 is 3.41. The minimum absolute atomic E-state index is 0.168. The molecule has 0 saturated carbocycles. The predicted octanol–water partition coefficient (Wildman–Crippen LogP) is 2.54. The molecule has 0 aliphatic carbocycles. The third kappa shape index (κ3) is 3.54. The number of halogens is 1. The van der Waals surface area contributed by atoms with Crippen molar-refractivity contribution in [2.45, 2.75) is 25.3 Å². The zero-order valence-corrected chi connectivity index (χ0v) is 11.2. The van der Waals surface area contributed by atoms with Crippen LogP contribution in [0.4, 0.5) is 0 Å². The highest BCUT2D eigenvalue weighted by Crippen LogP contribution is 2.21. The Morgan fingerprint density at radius 2 is 2.12 bits per heavy atom. The molecule has 0 spiro atoms. The lowest BCUT2D eigenvalue weighted by molar-refractivity contribution is -0.138. The molecule has 0 radical (unpaired) electrons. The maximum absolute atomic E-state index is 10.8. The Bertz CT molecular complexity index is 391. The summed E-state index contributed by atoms with van der Waals surface area (Å²) in [6.07, 6.45) is 3.15. The molecule has 0 bridgehead atoms. The van der Waals surface area contributed by atoms with Crippen LogP contribution in [0.2, 0.25) is 0 Å². The van der Waals surface area contributed by atoms with Crippen LogP contribution < -0.4 is 0 Å². The number of nitrogens with zero attached hydrogens (tertiary/aromatic N) is 1. The summed E-state index contributed by atoms with van der Waals surface area (Å²) in [5, 5.41) is 8.85. The number of carboxylic acid groups (broad SMARTS) is 1. The van der Waals surface area contributed by atoms with Gasteiger partial charge >= 0.3 is 5.97 Å². The van der Waals surface area contributed by atoms with E-state index in [4.69, 9.17) is 5.11 Å². The van der Waals surface area contributed by atoms with Gasteiger partial charge in [-0.05, 0) is 43.5 Å². The number of hydrogen-bond acceptors (Lipinski definition) is 2. The SMILES string of the molecule is O=C(O)CN1CCC[C@@H]1Cc1ccc(Br)cc1. The molecule has 0 unspecified atom stereocenters. The summed E-state index contributed by atoms with van der Waals surface area (Å²) in [5.41, 5.74) is 1.27. The van der Waals surface area contributed by atoms with Crippen molar-refractivity contribution in [2.24, 2.45) is 0 Å². The first-order chi connectivity index (χ1) is 8.15. The summed E-state index contributed by atoms with van der Waals surface area (Å²) in [5.74, 6) is -0.729. The van der Waals surface area contributed by atoms with Gasteiger partial charge in [0.15, 0.2) is 0 Å². The van der Waals surface area contributed by atoms with E-state index in [-0.39, 0.29) is 6.54 Å². The fraction of sp³-hybridized carbons (Fsp3) is 0.462. The molecule has 1 aromatic carbocycles. The number of carbonyl (C=O) groups is 1. The van der Waals surface area contributed by atoms with Crippen molar-refractivity contribution < 1.29 is 9.90 Å². The molecule has 1 heterocycles. The third-order valence-electron chi connectivity index (χ3n) is 3.22. The highest BCUT2D eigenvalue weighted by atomic mass is 79.9. The molecule has 1 N–H and O–H groups in total. The van der Waals surface area contributed by atoms with Crippen LogP contribution >= 0.6 is 15.9 Å². The van der Waals surface area contributed by atoms with Gasteiger partial charge in [0.25, 0.3) is 0 Å². The molecule has 1 aliphatic heterocycles. The number of benzene rings is 1. The first kappa shape index (κ1) is 12.6. The Morgan fingerprint density at radius 3 is 2.76 bits per heavy atom. The van der Waals surface area contributed by atoms with Gasteiger partial charge in [-0.2, -0.15) is 0 Å². The van der Waals surface area contributed by atoms with Gasteiger partial charge in [-0.25, -0.2) is 0 Å². The molecular weight excluding hydrogens is 282 g/mol. The van der Waals surface area contributed by atoms with Crippen LogP contribution in [0.3, 0.4) is 0 Å². The van der Waals surface area contributed by atoms with E-state index in [0.29, 0.717) is 6.04 Å². The monoisotopic (exact) mass is 297 g/mol. The molecule has 1 aliphatic rings. The smallest absolute Gasteiger partial charge is 0.317 e. The highest BCUT2D eigenvalue weighted by molar-refractivity contribution is 9.10. The van der Waals surface area contributed by atoms with E-state index in [9.17, 15) is 4.79 Å². The van der Waals surface area contributed by atoms with Crippen molar-refractivity contribution in [1.82, 2.24) is 4.90 Å². The van der Waals surface area contributed by atoms with Crippen molar-refractivity contribution in [2.75, 3.05) is 13.1 Å². The average Bonchev–Trinajstić information content (AvgIpc) is 2.68. The van der Waals surface area contributed by atoms with Crippen LogP contribution in [0.25, 0.3) is 0 Å². The summed E-state index contributed by atoms with van der Waals surface area (Å²) in [6, 6.07) is 8.65. The first-order valence-corrected chi connectivity index (χ1v) is 6.65. The van der Waals surface area contributed by atoms with Crippen molar-refractivity contribution >= 4 is 21.9 Å². The maximum Gasteiger partial charge on any atom is 0.317 e. The van der Waals surface area contributed by atoms with Crippen LogP contribution in [0, 0.1) is 0 Å². The van der Waals surface area contributed by atoms with Crippen LogP contribution in [0.15, 0.2) is 28.7 Å². The summed E-state index contributed by atoms with van der Waals surface area (Å²) in [7, 11) is 0. The Labute approximate surface area is 110 Å². The van der Waals surface area contributed by atoms with E-state index >= 15 is 0 Å². The number of carboxylic acids is 1. The minimum atomic E-state index is -0.729. The summed E-state index contributed by atoms with van der Waals surface area (Å²) in [4.78, 5) is 12.8. The van der Waals surface area contributed by atoms with E-state index in [2.05, 4.69) is 33.0 Å². The van der Waals surface area contributed by atoms with E-state index in [1.807, 2.05) is 12.1 Å². The van der Waals surface area contributed by atoms with Gasteiger partial charge in [0, 0.05) is 10.5 Å². The predicted molar refractivity (Wildman–Crippen MR) is 70.1 cm³/mol. The van der Waals surface area contributed by atoms with Crippen molar-refractivity contribution in [1.29, 1.82) is 0 Å². The lowest BCUT2D eigenvalue weighted by Crippen LogP contribution is -2.35. The van der Waals surface area contributed by atoms with Crippen LogP contribution in [-0.2, 0) is 11.2 Å². The van der Waals surface area contributed by atoms with Crippen molar-refractivity contribution in [3.63, 3.8) is 0 Å². The van der Waals surface area contributed by atoms with Gasteiger partial charge in [-0.1, -0.05) is 28.1 Å². The quantitative estimate of drug-likeness (QED) is 0.928. The minimum Gasteiger partial charge on any atom is -0.480 e. The molecule has 1 atom stereocenters. The van der Waals surface area contributed by atoms with Crippen LogP contribution in [-0.4, -0.2) is 35.1 Å². The Balaban J connectivity index is 1.97. The second kappa shape index (κ2) is 5.65. The molecule has 0 aromatic heterocycles. The normalized spacial score (nSPS) is 20.6. The largest absolute Gasteiger partial charge is 0.480 e. The topological polar surface area (TPSA) is 40.5 Å². The zero-order valence-electron chi connectivity index (χ0n) is 9.60. The molecule has 3 nitrogen and oxygen atoms in total.